The van der Waals surface area contributed by atoms with Crippen molar-refractivity contribution in [2.45, 2.75) is 19.4 Å². The molecule has 0 radical (unpaired) electrons. The monoisotopic (exact) mass is 375 g/mol. The van der Waals surface area contributed by atoms with Gasteiger partial charge >= 0.3 is 0 Å². The summed E-state index contributed by atoms with van der Waals surface area (Å²) in [4.78, 5) is 12.3. The smallest absolute Gasteiger partial charge is 0.156 e. The summed E-state index contributed by atoms with van der Waals surface area (Å²) >= 11 is 0. The van der Waals surface area contributed by atoms with Crippen LogP contribution < -0.4 is 4.74 Å². The van der Waals surface area contributed by atoms with E-state index in [9.17, 15) is 5.11 Å². The number of aliphatic hydroxyl groups is 1. The van der Waals surface area contributed by atoms with Crippen LogP contribution in [0.1, 0.15) is 19.5 Å². The standard InChI is InChI=1S/C21H21N5O2/c1-21(2,27)18-9-22-19-10-23-20-17(26(18)19)8-15(24-20)14-11-25(3)16-6-5-12(28-4)7-13(14)16/h5-11,24,27H,1-4H3. The van der Waals surface area contributed by atoms with Crippen LogP contribution in [0.3, 0.4) is 0 Å². The predicted octanol–water partition coefficient (Wildman–Crippen LogP) is 3.61. The molecule has 142 valence electrons. The second-order valence-electron chi connectivity index (χ2n) is 7.61. The second-order valence-corrected chi connectivity index (χ2v) is 7.61. The lowest BCUT2D eigenvalue weighted by atomic mass is 10.1. The van der Waals surface area contributed by atoms with Crippen LogP contribution in [0.15, 0.2) is 42.9 Å². The molecule has 0 saturated carbocycles. The van der Waals surface area contributed by atoms with E-state index in [1.54, 1.807) is 33.4 Å². The van der Waals surface area contributed by atoms with Crippen LogP contribution in [-0.4, -0.2) is 36.1 Å². The Kier molecular flexibility index (Phi) is 3.36. The Labute approximate surface area is 161 Å². The number of fused-ring (bicyclic) bond motifs is 4. The highest BCUT2D eigenvalue weighted by molar-refractivity contribution is 5.98. The van der Waals surface area contributed by atoms with Crippen LogP contribution in [-0.2, 0) is 12.6 Å². The summed E-state index contributed by atoms with van der Waals surface area (Å²) in [6.45, 7) is 3.51. The number of nitrogens with zero attached hydrogens (tertiary/aromatic N) is 4. The third-order valence-corrected chi connectivity index (χ3v) is 5.23. The van der Waals surface area contributed by atoms with E-state index in [-0.39, 0.29) is 0 Å². The Morgan fingerprint density at radius 1 is 1.11 bits per heavy atom. The van der Waals surface area contributed by atoms with Gasteiger partial charge in [-0.05, 0) is 38.1 Å². The summed E-state index contributed by atoms with van der Waals surface area (Å²) in [6.07, 6.45) is 5.51. The lowest BCUT2D eigenvalue weighted by molar-refractivity contribution is 0.0733. The van der Waals surface area contributed by atoms with E-state index < -0.39 is 5.60 Å². The van der Waals surface area contributed by atoms with E-state index in [0.717, 1.165) is 44.8 Å². The first kappa shape index (κ1) is 16.8. The molecule has 0 bridgehead atoms. The molecule has 0 unspecified atom stereocenters. The van der Waals surface area contributed by atoms with Crippen LogP contribution in [0.2, 0.25) is 0 Å². The quantitative estimate of drug-likeness (QED) is 0.505. The van der Waals surface area contributed by atoms with Gasteiger partial charge in [-0.2, -0.15) is 0 Å². The Morgan fingerprint density at radius 3 is 2.68 bits per heavy atom. The highest BCUT2D eigenvalue weighted by Gasteiger charge is 2.23. The maximum absolute atomic E-state index is 10.6. The number of aromatic amines is 1. The third kappa shape index (κ3) is 2.33. The number of hydrogen-bond acceptors (Lipinski definition) is 4. The highest BCUT2D eigenvalue weighted by Crippen LogP contribution is 2.34. The van der Waals surface area contributed by atoms with E-state index >= 15 is 0 Å². The van der Waals surface area contributed by atoms with E-state index in [2.05, 4.69) is 37.8 Å². The number of H-pyrrole nitrogens is 1. The number of aromatic nitrogens is 5. The number of nitrogens with one attached hydrogen (secondary N) is 1. The molecule has 4 aromatic heterocycles. The molecule has 0 aliphatic rings. The van der Waals surface area contributed by atoms with Crippen LogP contribution >= 0.6 is 0 Å². The topological polar surface area (TPSA) is 80.4 Å². The molecule has 0 spiro atoms. The Hall–Kier alpha value is -3.32. The van der Waals surface area contributed by atoms with Gasteiger partial charge in [0.2, 0.25) is 0 Å². The number of aryl methyl sites for hydroxylation is 1. The van der Waals surface area contributed by atoms with Crippen molar-refractivity contribution in [2.75, 3.05) is 7.11 Å². The van der Waals surface area contributed by atoms with Crippen molar-refractivity contribution in [1.82, 2.24) is 23.9 Å². The number of benzene rings is 1. The molecule has 0 aliphatic heterocycles. The number of ether oxygens (including phenoxy) is 1. The van der Waals surface area contributed by atoms with Gasteiger partial charge < -0.3 is 19.4 Å². The van der Waals surface area contributed by atoms with Crippen molar-refractivity contribution in [1.29, 1.82) is 0 Å². The predicted molar refractivity (Wildman–Crippen MR) is 109 cm³/mol. The minimum Gasteiger partial charge on any atom is -0.497 e. The van der Waals surface area contributed by atoms with Crippen molar-refractivity contribution in [2.24, 2.45) is 7.05 Å². The summed E-state index contributed by atoms with van der Waals surface area (Å²) in [5.41, 5.74) is 5.16. The molecule has 5 rings (SSSR count). The molecule has 0 saturated heterocycles. The van der Waals surface area contributed by atoms with E-state index in [4.69, 9.17) is 4.74 Å². The first-order valence-electron chi connectivity index (χ1n) is 9.08. The van der Waals surface area contributed by atoms with Crippen molar-refractivity contribution >= 4 is 27.7 Å². The Bertz CT molecular complexity index is 1350. The number of imidazole rings is 1. The number of rotatable bonds is 3. The molecule has 0 amide bonds. The number of hydrogen-bond donors (Lipinski definition) is 2. The molecule has 1 aromatic carbocycles. The molecule has 4 heterocycles. The van der Waals surface area contributed by atoms with Gasteiger partial charge in [0.15, 0.2) is 11.3 Å². The van der Waals surface area contributed by atoms with Crippen LogP contribution in [0.5, 0.6) is 5.75 Å². The maximum atomic E-state index is 10.6. The van der Waals surface area contributed by atoms with E-state index in [1.807, 2.05) is 23.6 Å². The van der Waals surface area contributed by atoms with Gasteiger partial charge in [-0.25, -0.2) is 9.97 Å². The van der Waals surface area contributed by atoms with Gasteiger partial charge in [0, 0.05) is 29.7 Å². The average molecular weight is 375 g/mol. The largest absolute Gasteiger partial charge is 0.497 e. The van der Waals surface area contributed by atoms with Gasteiger partial charge in [0.05, 0.1) is 36.4 Å². The van der Waals surface area contributed by atoms with Crippen molar-refractivity contribution in [3.8, 4) is 17.0 Å². The average Bonchev–Trinajstić information content (AvgIpc) is 3.34. The molecule has 28 heavy (non-hydrogen) atoms. The zero-order valence-corrected chi connectivity index (χ0v) is 16.2. The minimum atomic E-state index is -1.02. The fourth-order valence-electron chi connectivity index (χ4n) is 3.82. The molecule has 5 aromatic rings. The summed E-state index contributed by atoms with van der Waals surface area (Å²) in [7, 11) is 3.70. The highest BCUT2D eigenvalue weighted by atomic mass is 16.5. The molecule has 0 aliphatic carbocycles. The van der Waals surface area contributed by atoms with Gasteiger partial charge in [-0.3, -0.25) is 4.40 Å². The Morgan fingerprint density at radius 2 is 1.93 bits per heavy atom. The third-order valence-electron chi connectivity index (χ3n) is 5.23. The summed E-state index contributed by atoms with van der Waals surface area (Å²) in [5, 5.41) is 11.6. The first-order chi connectivity index (χ1) is 13.4. The fourth-order valence-corrected chi connectivity index (χ4v) is 3.82. The second kappa shape index (κ2) is 5.59. The van der Waals surface area contributed by atoms with Gasteiger partial charge in [-0.15, -0.1) is 0 Å². The molecule has 0 fully saturated rings. The lowest BCUT2D eigenvalue weighted by Crippen LogP contribution is -2.18. The van der Waals surface area contributed by atoms with Crippen LogP contribution in [0.25, 0.3) is 39.0 Å². The molecule has 7 nitrogen and oxygen atoms in total. The van der Waals surface area contributed by atoms with E-state index in [0.29, 0.717) is 5.65 Å². The van der Waals surface area contributed by atoms with Crippen LogP contribution in [0.4, 0.5) is 0 Å². The molecular weight excluding hydrogens is 354 g/mol. The first-order valence-corrected chi connectivity index (χ1v) is 9.08. The van der Waals surface area contributed by atoms with Crippen molar-refractivity contribution < 1.29 is 9.84 Å². The zero-order chi connectivity index (χ0) is 19.6. The summed E-state index contributed by atoms with van der Waals surface area (Å²) in [6, 6.07) is 8.11. The summed E-state index contributed by atoms with van der Waals surface area (Å²) in [5.74, 6) is 0.815. The van der Waals surface area contributed by atoms with Gasteiger partial charge in [0.1, 0.15) is 11.4 Å². The normalized spacial score (nSPS) is 12.5. The molecule has 0 atom stereocenters. The van der Waals surface area contributed by atoms with Crippen LogP contribution in [0, 0.1) is 0 Å². The Balaban J connectivity index is 1.80. The minimum absolute atomic E-state index is 0.703. The van der Waals surface area contributed by atoms with Gasteiger partial charge in [0.25, 0.3) is 0 Å². The van der Waals surface area contributed by atoms with E-state index in [1.165, 1.54) is 0 Å². The fraction of sp³-hybridized carbons (Fsp3) is 0.238. The number of methoxy groups -OCH3 is 1. The maximum Gasteiger partial charge on any atom is 0.156 e. The SMILES string of the molecule is COc1ccc2c(c1)c(-c1cc3c(ncc4ncc(C(C)(C)O)n43)[nH]1)cn2C. The molecule has 7 heteroatoms. The van der Waals surface area contributed by atoms with Gasteiger partial charge in [-0.1, -0.05) is 0 Å². The molecular formula is C21H21N5O2. The summed E-state index contributed by atoms with van der Waals surface area (Å²) < 4.78 is 9.46. The molecule has 2 N–H and O–H groups in total. The van der Waals surface area contributed by atoms with Crippen molar-refractivity contribution in [3.05, 3.63) is 48.5 Å². The lowest BCUT2D eigenvalue weighted by Gasteiger charge is -2.16. The zero-order valence-electron chi connectivity index (χ0n) is 16.2. The van der Waals surface area contributed by atoms with Crippen molar-refractivity contribution in [3.63, 3.8) is 0 Å².